The van der Waals surface area contributed by atoms with E-state index in [4.69, 9.17) is 9.47 Å². The largest absolute Gasteiger partial charge is 0.461 e. The first kappa shape index (κ1) is 24.5. The van der Waals surface area contributed by atoms with E-state index in [-0.39, 0.29) is 18.9 Å². The van der Waals surface area contributed by atoms with Crippen LogP contribution in [-0.4, -0.2) is 60.6 Å². The third-order valence-electron chi connectivity index (χ3n) is 4.35. The summed E-state index contributed by atoms with van der Waals surface area (Å²) in [6.07, 6.45) is 0.134. The lowest BCUT2D eigenvalue weighted by atomic mass is 10.0. The van der Waals surface area contributed by atoms with Crippen LogP contribution in [0.1, 0.15) is 46.1 Å². The van der Waals surface area contributed by atoms with Crippen LogP contribution in [0.4, 0.5) is 4.79 Å². The molecule has 2 amide bonds. The fourth-order valence-electron chi connectivity index (χ4n) is 2.56. The van der Waals surface area contributed by atoms with Gasteiger partial charge in [0.15, 0.2) is 0 Å². The van der Waals surface area contributed by atoms with Gasteiger partial charge in [-0.1, -0.05) is 37.3 Å². The van der Waals surface area contributed by atoms with Gasteiger partial charge in [0.1, 0.15) is 12.2 Å². The van der Waals surface area contributed by atoms with E-state index in [9.17, 15) is 14.4 Å². The Morgan fingerprint density at radius 3 is 2.14 bits per heavy atom. The molecule has 1 atom stereocenters. The SMILES string of the molecule is CC[C@@H](CC(=O)OCc1ccccc1)C(=O)N(C)CCN(C)C(=O)OC(C)(C)C. The molecule has 0 saturated carbocycles. The fourth-order valence-corrected chi connectivity index (χ4v) is 2.56. The molecule has 1 aromatic carbocycles. The number of likely N-dealkylation sites (N-methyl/N-ethyl adjacent to an activating group) is 2. The third-order valence-corrected chi connectivity index (χ3v) is 4.35. The average molecular weight is 407 g/mol. The van der Waals surface area contributed by atoms with Gasteiger partial charge in [-0.15, -0.1) is 0 Å². The zero-order valence-electron chi connectivity index (χ0n) is 18.4. The summed E-state index contributed by atoms with van der Waals surface area (Å²) in [6.45, 7) is 8.16. The minimum Gasteiger partial charge on any atom is -0.461 e. The minimum absolute atomic E-state index is 0.0361. The van der Waals surface area contributed by atoms with Crippen LogP contribution >= 0.6 is 0 Å². The minimum atomic E-state index is -0.569. The molecule has 0 unspecified atom stereocenters. The third kappa shape index (κ3) is 9.45. The molecule has 0 aliphatic rings. The Bertz CT molecular complexity index is 670. The molecule has 0 bridgehead atoms. The zero-order valence-corrected chi connectivity index (χ0v) is 18.4. The van der Waals surface area contributed by atoms with Gasteiger partial charge in [0.05, 0.1) is 6.42 Å². The maximum Gasteiger partial charge on any atom is 0.410 e. The van der Waals surface area contributed by atoms with E-state index in [1.165, 1.54) is 4.90 Å². The molecule has 0 aromatic heterocycles. The number of ether oxygens (including phenoxy) is 2. The summed E-state index contributed by atoms with van der Waals surface area (Å²) >= 11 is 0. The summed E-state index contributed by atoms with van der Waals surface area (Å²) in [5, 5.41) is 0. The van der Waals surface area contributed by atoms with Crippen LogP contribution in [0, 0.1) is 5.92 Å². The monoisotopic (exact) mass is 406 g/mol. The van der Waals surface area contributed by atoms with Crippen molar-refractivity contribution in [3.63, 3.8) is 0 Å². The van der Waals surface area contributed by atoms with Crippen molar-refractivity contribution in [1.82, 2.24) is 9.80 Å². The Balaban J connectivity index is 2.47. The van der Waals surface area contributed by atoms with Crippen molar-refractivity contribution < 1.29 is 23.9 Å². The molecule has 0 aliphatic carbocycles. The second-order valence-electron chi connectivity index (χ2n) is 8.12. The fraction of sp³-hybridized carbons (Fsp3) is 0.591. The van der Waals surface area contributed by atoms with Crippen molar-refractivity contribution >= 4 is 18.0 Å². The van der Waals surface area contributed by atoms with E-state index >= 15 is 0 Å². The van der Waals surface area contributed by atoms with E-state index in [0.29, 0.717) is 19.5 Å². The van der Waals surface area contributed by atoms with Crippen LogP contribution in [0.15, 0.2) is 30.3 Å². The summed E-state index contributed by atoms with van der Waals surface area (Å²) in [5.41, 5.74) is 0.336. The Morgan fingerprint density at radius 2 is 1.59 bits per heavy atom. The van der Waals surface area contributed by atoms with Gasteiger partial charge < -0.3 is 19.3 Å². The molecular formula is C22H34N2O5. The van der Waals surface area contributed by atoms with Gasteiger partial charge in [-0.2, -0.15) is 0 Å². The van der Waals surface area contributed by atoms with E-state index < -0.39 is 23.6 Å². The van der Waals surface area contributed by atoms with Gasteiger partial charge in [-0.05, 0) is 32.8 Å². The number of carbonyl (C=O) groups is 3. The number of hydrogen-bond acceptors (Lipinski definition) is 5. The number of rotatable bonds is 9. The van der Waals surface area contributed by atoms with Crippen molar-refractivity contribution in [2.45, 2.75) is 52.7 Å². The molecule has 1 aromatic rings. The first-order chi connectivity index (χ1) is 13.5. The summed E-state index contributed by atoms with van der Waals surface area (Å²) in [7, 11) is 3.30. The maximum absolute atomic E-state index is 12.7. The van der Waals surface area contributed by atoms with Crippen LogP contribution < -0.4 is 0 Å². The molecule has 0 N–H and O–H groups in total. The van der Waals surface area contributed by atoms with E-state index in [2.05, 4.69) is 0 Å². The predicted molar refractivity (Wildman–Crippen MR) is 111 cm³/mol. The highest BCUT2D eigenvalue weighted by molar-refractivity contribution is 5.83. The number of benzene rings is 1. The Labute approximate surface area is 174 Å². The van der Waals surface area contributed by atoms with Gasteiger partial charge >= 0.3 is 12.1 Å². The maximum atomic E-state index is 12.7. The summed E-state index contributed by atoms with van der Waals surface area (Å²) in [6, 6.07) is 9.41. The van der Waals surface area contributed by atoms with Crippen molar-refractivity contribution in [3.8, 4) is 0 Å². The Hall–Kier alpha value is -2.57. The van der Waals surface area contributed by atoms with Crippen molar-refractivity contribution in [2.24, 2.45) is 5.92 Å². The molecular weight excluding hydrogens is 372 g/mol. The molecule has 7 nitrogen and oxygen atoms in total. The average Bonchev–Trinajstić information content (AvgIpc) is 2.67. The molecule has 0 fully saturated rings. The van der Waals surface area contributed by atoms with Crippen molar-refractivity contribution in [3.05, 3.63) is 35.9 Å². The first-order valence-electron chi connectivity index (χ1n) is 9.92. The van der Waals surface area contributed by atoms with Crippen LogP contribution in [0.25, 0.3) is 0 Å². The highest BCUT2D eigenvalue weighted by atomic mass is 16.6. The second-order valence-corrected chi connectivity index (χ2v) is 8.12. The first-order valence-corrected chi connectivity index (χ1v) is 9.92. The number of hydrogen-bond donors (Lipinski definition) is 0. The summed E-state index contributed by atoms with van der Waals surface area (Å²) in [4.78, 5) is 39.8. The van der Waals surface area contributed by atoms with Gasteiger partial charge in [-0.3, -0.25) is 9.59 Å². The Morgan fingerprint density at radius 1 is 1.00 bits per heavy atom. The van der Waals surface area contributed by atoms with E-state index in [0.717, 1.165) is 5.56 Å². The number of nitrogens with zero attached hydrogens (tertiary/aromatic N) is 2. The zero-order chi connectivity index (χ0) is 22.0. The van der Waals surface area contributed by atoms with Crippen LogP contribution in [0.5, 0.6) is 0 Å². The van der Waals surface area contributed by atoms with Crippen LogP contribution in [0.3, 0.4) is 0 Å². The molecule has 1 rings (SSSR count). The lowest BCUT2D eigenvalue weighted by Gasteiger charge is -2.27. The lowest BCUT2D eigenvalue weighted by Crippen LogP contribution is -2.41. The van der Waals surface area contributed by atoms with Gasteiger partial charge in [0, 0.05) is 33.1 Å². The molecule has 0 spiro atoms. The van der Waals surface area contributed by atoms with Gasteiger partial charge in [0.25, 0.3) is 0 Å². The Kier molecular flexibility index (Phi) is 9.65. The van der Waals surface area contributed by atoms with Crippen LogP contribution in [0.2, 0.25) is 0 Å². The predicted octanol–water partition coefficient (Wildman–Crippen LogP) is 3.47. The van der Waals surface area contributed by atoms with Gasteiger partial charge in [0.2, 0.25) is 5.91 Å². The normalized spacial score (nSPS) is 12.1. The standard InChI is InChI=1S/C22H34N2O5/c1-7-18(15-19(25)28-16-17-11-9-8-10-12-17)20(26)23(5)13-14-24(6)21(27)29-22(2,3)4/h8-12,18H,7,13-16H2,1-6H3/t18-/m0/s1. The number of carbonyl (C=O) groups excluding carboxylic acids is 3. The molecule has 162 valence electrons. The highest BCUT2D eigenvalue weighted by Crippen LogP contribution is 2.14. The molecule has 0 heterocycles. The topological polar surface area (TPSA) is 76.2 Å². The van der Waals surface area contributed by atoms with Gasteiger partial charge in [-0.25, -0.2) is 4.79 Å². The second kappa shape index (κ2) is 11.4. The van der Waals surface area contributed by atoms with Crippen molar-refractivity contribution in [1.29, 1.82) is 0 Å². The molecule has 0 saturated heterocycles. The molecule has 0 aliphatic heterocycles. The van der Waals surface area contributed by atoms with Crippen molar-refractivity contribution in [2.75, 3.05) is 27.2 Å². The van der Waals surface area contributed by atoms with E-state index in [1.807, 2.05) is 37.3 Å². The smallest absolute Gasteiger partial charge is 0.410 e. The quantitative estimate of drug-likeness (QED) is 0.587. The number of esters is 1. The van der Waals surface area contributed by atoms with Crippen LogP contribution in [-0.2, 0) is 25.7 Å². The molecule has 7 heteroatoms. The number of amides is 2. The molecule has 29 heavy (non-hydrogen) atoms. The summed E-state index contributed by atoms with van der Waals surface area (Å²) in [5.74, 6) is -0.981. The highest BCUT2D eigenvalue weighted by Gasteiger charge is 2.25. The molecule has 0 radical (unpaired) electrons. The van der Waals surface area contributed by atoms with E-state index in [1.54, 1.807) is 39.8 Å². The summed E-state index contributed by atoms with van der Waals surface area (Å²) < 4.78 is 10.6. The lowest BCUT2D eigenvalue weighted by molar-refractivity contribution is -0.149.